The first kappa shape index (κ1) is 25.5. The number of hydrogen-bond acceptors (Lipinski definition) is 5. The van der Waals surface area contributed by atoms with Crippen molar-refractivity contribution in [3.8, 4) is 0 Å². The third-order valence-corrected chi connectivity index (χ3v) is 9.67. The number of rotatable bonds is 6. The highest BCUT2D eigenvalue weighted by Crippen LogP contribution is 2.39. The van der Waals surface area contributed by atoms with Crippen molar-refractivity contribution in [1.29, 1.82) is 0 Å². The Hall–Kier alpha value is -3.15. The molecule has 2 atom stereocenters. The van der Waals surface area contributed by atoms with E-state index in [1.807, 2.05) is 6.07 Å². The van der Waals surface area contributed by atoms with Crippen molar-refractivity contribution in [1.82, 2.24) is 19.8 Å². The first-order valence-corrected chi connectivity index (χ1v) is 13.6. The summed E-state index contributed by atoms with van der Waals surface area (Å²) in [5.41, 5.74) is 0.0789. The van der Waals surface area contributed by atoms with Gasteiger partial charge in [0.2, 0.25) is 10.0 Å². The van der Waals surface area contributed by atoms with Crippen LogP contribution in [0.2, 0.25) is 0 Å². The number of carbonyl (C=O) groups is 1. The van der Waals surface area contributed by atoms with E-state index in [4.69, 9.17) is 4.74 Å². The van der Waals surface area contributed by atoms with Gasteiger partial charge < -0.3 is 10.1 Å². The maximum atomic E-state index is 15.4. The maximum absolute atomic E-state index is 15.4. The predicted octanol–water partition coefficient (Wildman–Crippen LogP) is 3.71. The molecule has 2 aliphatic heterocycles. The summed E-state index contributed by atoms with van der Waals surface area (Å²) in [7, 11) is -3.81. The topological polar surface area (TPSA) is 104 Å². The SMILES string of the molecule is Cc1n[nH]cc1C(=O)NC1(c2cc(F)c(CN3[C@H](C)CC[C@@H](c4ccccc4)S3(=O)=O)cc2F)COC1. The quantitative estimate of drug-likeness (QED) is 0.506. The predicted molar refractivity (Wildman–Crippen MR) is 132 cm³/mol. The lowest BCUT2D eigenvalue weighted by Gasteiger charge is -2.42. The number of aromatic amines is 1. The van der Waals surface area contributed by atoms with Gasteiger partial charge in [-0.15, -0.1) is 0 Å². The van der Waals surface area contributed by atoms with Gasteiger partial charge in [-0.1, -0.05) is 30.3 Å². The first-order valence-electron chi connectivity index (χ1n) is 12.1. The largest absolute Gasteiger partial charge is 0.376 e. The molecule has 0 spiro atoms. The average Bonchev–Trinajstić information content (AvgIpc) is 3.27. The molecule has 2 aliphatic rings. The second-order valence-electron chi connectivity index (χ2n) is 9.75. The smallest absolute Gasteiger partial charge is 0.255 e. The molecule has 0 bridgehead atoms. The number of aryl methyl sites for hydroxylation is 1. The lowest BCUT2D eigenvalue weighted by atomic mass is 9.86. The summed E-state index contributed by atoms with van der Waals surface area (Å²) in [6, 6.07) is 10.6. The minimum absolute atomic E-state index is 0.0262. The minimum atomic E-state index is -3.81. The van der Waals surface area contributed by atoms with Crippen LogP contribution in [0.15, 0.2) is 48.7 Å². The first-order chi connectivity index (χ1) is 17.6. The molecule has 1 amide bonds. The third kappa shape index (κ3) is 4.55. The number of sulfonamides is 1. The van der Waals surface area contributed by atoms with E-state index in [0.29, 0.717) is 29.7 Å². The summed E-state index contributed by atoms with van der Waals surface area (Å²) in [6.45, 7) is 3.08. The maximum Gasteiger partial charge on any atom is 0.255 e. The van der Waals surface area contributed by atoms with Gasteiger partial charge in [-0.25, -0.2) is 17.2 Å². The molecule has 2 aromatic carbocycles. The number of ether oxygens (including phenoxy) is 1. The van der Waals surface area contributed by atoms with Gasteiger partial charge in [0.15, 0.2) is 0 Å². The van der Waals surface area contributed by atoms with Gasteiger partial charge in [-0.3, -0.25) is 9.89 Å². The number of H-pyrrole nitrogens is 1. The fourth-order valence-electron chi connectivity index (χ4n) is 5.07. The summed E-state index contributed by atoms with van der Waals surface area (Å²) < 4.78 is 64.4. The molecule has 1 aromatic heterocycles. The zero-order valence-corrected chi connectivity index (χ0v) is 21.3. The van der Waals surface area contributed by atoms with Crippen LogP contribution in [-0.2, 0) is 26.8 Å². The molecule has 196 valence electrons. The van der Waals surface area contributed by atoms with E-state index in [-0.39, 0.29) is 36.9 Å². The monoisotopic (exact) mass is 530 g/mol. The second-order valence-corrected chi connectivity index (χ2v) is 11.8. The molecule has 8 nitrogen and oxygen atoms in total. The molecule has 0 aliphatic carbocycles. The van der Waals surface area contributed by atoms with Crippen molar-refractivity contribution in [2.24, 2.45) is 0 Å². The fourth-order valence-corrected chi connectivity index (χ4v) is 7.26. The van der Waals surface area contributed by atoms with Crippen LogP contribution in [0.25, 0.3) is 0 Å². The van der Waals surface area contributed by atoms with Crippen LogP contribution in [0, 0.1) is 18.6 Å². The van der Waals surface area contributed by atoms with E-state index < -0.39 is 38.4 Å². The van der Waals surface area contributed by atoms with Gasteiger partial charge in [0.1, 0.15) is 22.4 Å². The van der Waals surface area contributed by atoms with Crippen molar-refractivity contribution < 1.29 is 26.7 Å². The number of carbonyl (C=O) groups excluding carboxylic acids is 1. The molecule has 0 unspecified atom stereocenters. The van der Waals surface area contributed by atoms with Crippen molar-refractivity contribution in [3.63, 3.8) is 0 Å². The van der Waals surface area contributed by atoms with Crippen molar-refractivity contribution >= 4 is 15.9 Å². The molecule has 3 heterocycles. The molecule has 11 heteroatoms. The molecular weight excluding hydrogens is 502 g/mol. The van der Waals surface area contributed by atoms with Gasteiger partial charge in [-0.2, -0.15) is 9.40 Å². The number of amides is 1. The summed E-state index contributed by atoms with van der Waals surface area (Å²) >= 11 is 0. The van der Waals surface area contributed by atoms with Gasteiger partial charge >= 0.3 is 0 Å². The van der Waals surface area contributed by atoms with E-state index >= 15 is 8.78 Å². The van der Waals surface area contributed by atoms with Crippen LogP contribution in [0.1, 0.15) is 57.8 Å². The molecule has 37 heavy (non-hydrogen) atoms. The van der Waals surface area contributed by atoms with Crippen LogP contribution in [-0.4, -0.2) is 48.1 Å². The molecule has 2 N–H and O–H groups in total. The van der Waals surface area contributed by atoms with Gasteiger partial charge in [0, 0.05) is 29.9 Å². The lowest BCUT2D eigenvalue weighted by molar-refractivity contribution is -0.0750. The highest BCUT2D eigenvalue weighted by molar-refractivity contribution is 7.89. The molecule has 0 saturated carbocycles. The Balaban J connectivity index is 1.42. The highest BCUT2D eigenvalue weighted by Gasteiger charge is 2.45. The van der Waals surface area contributed by atoms with Crippen molar-refractivity contribution in [3.05, 3.63) is 88.2 Å². The number of nitrogens with one attached hydrogen (secondary N) is 2. The number of aromatic nitrogens is 2. The van der Waals surface area contributed by atoms with Crippen molar-refractivity contribution in [2.75, 3.05) is 13.2 Å². The lowest BCUT2D eigenvalue weighted by Crippen LogP contribution is -2.59. The number of benzene rings is 2. The molecule has 2 fully saturated rings. The van der Waals surface area contributed by atoms with E-state index in [2.05, 4.69) is 15.5 Å². The van der Waals surface area contributed by atoms with Gasteiger partial charge in [0.25, 0.3) is 5.91 Å². The van der Waals surface area contributed by atoms with Crippen LogP contribution >= 0.6 is 0 Å². The standard InChI is InChI=1S/C26H28F2N4O4S/c1-16-8-9-24(18-6-4-3-5-7-18)37(34,35)32(16)13-19-10-23(28)21(11-22(19)27)26(14-36-15-26)30-25(33)20-12-29-31-17(20)2/h3-7,10-12,16,24H,8-9,13-15H2,1-2H3,(H,29,31)(H,30,33)/t16-,24+/m1/s1. The Morgan fingerprint density at radius 1 is 1.19 bits per heavy atom. The Morgan fingerprint density at radius 2 is 1.92 bits per heavy atom. The summed E-state index contributed by atoms with van der Waals surface area (Å²) in [5.74, 6) is -1.98. The average molecular weight is 531 g/mol. The van der Waals surface area contributed by atoms with E-state index in [0.717, 1.165) is 12.1 Å². The number of nitrogens with zero attached hydrogens (tertiary/aromatic N) is 2. The Labute approximate surface area is 214 Å². The van der Waals surface area contributed by atoms with Crippen LogP contribution in [0.5, 0.6) is 0 Å². The summed E-state index contributed by atoms with van der Waals surface area (Å²) in [6.07, 6.45) is 2.49. The minimum Gasteiger partial charge on any atom is -0.376 e. The molecule has 0 radical (unpaired) electrons. The molecular formula is C26H28F2N4O4S. The number of halogens is 2. The van der Waals surface area contributed by atoms with Gasteiger partial charge in [-0.05, 0) is 44.4 Å². The fraction of sp³-hybridized carbons (Fsp3) is 0.385. The molecule has 5 rings (SSSR count). The highest BCUT2D eigenvalue weighted by atomic mass is 32.2. The van der Waals surface area contributed by atoms with Crippen LogP contribution in [0.3, 0.4) is 0 Å². The van der Waals surface area contributed by atoms with Crippen LogP contribution in [0.4, 0.5) is 8.78 Å². The summed E-state index contributed by atoms with van der Waals surface area (Å²) in [4.78, 5) is 12.8. The van der Waals surface area contributed by atoms with E-state index in [1.54, 1.807) is 38.1 Å². The molecule has 2 saturated heterocycles. The van der Waals surface area contributed by atoms with E-state index in [9.17, 15) is 13.2 Å². The Bertz CT molecular complexity index is 1420. The summed E-state index contributed by atoms with van der Waals surface area (Å²) in [5, 5.41) is 8.55. The Kier molecular flexibility index (Phi) is 6.63. The second kappa shape index (κ2) is 9.62. The third-order valence-electron chi connectivity index (χ3n) is 7.30. The zero-order valence-electron chi connectivity index (χ0n) is 20.5. The molecule has 3 aromatic rings. The van der Waals surface area contributed by atoms with Crippen molar-refractivity contribution in [2.45, 2.75) is 50.1 Å². The Morgan fingerprint density at radius 3 is 2.54 bits per heavy atom. The zero-order chi connectivity index (χ0) is 26.4. The number of hydrogen-bond donors (Lipinski definition) is 2. The van der Waals surface area contributed by atoms with Crippen LogP contribution < -0.4 is 5.32 Å². The normalized spacial score (nSPS) is 22.8. The van der Waals surface area contributed by atoms with E-state index in [1.165, 1.54) is 10.5 Å². The van der Waals surface area contributed by atoms with Gasteiger partial charge in [0.05, 0.1) is 24.5 Å².